The van der Waals surface area contributed by atoms with Gasteiger partial charge in [0.2, 0.25) is 0 Å². The van der Waals surface area contributed by atoms with Gasteiger partial charge < -0.3 is 4.74 Å². The third-order valence-electron chi connectivity index (χ3n) is 4.38. The van der Waals surface area contributed by atoms with Crippen molar-refractivity contribution in [3.63, 3.8) is 0 Å². The van der Waals surface area contributed by atoms with Crippen molar-refractivity contribution in [2.45, 2.75) is 40.5 Å². The molecule has 3 rings (SSSR count). The largest absolute Gasteiger partial charge is 0.377 e. The van der Waals surface area contributed by atoms with Crippen LogP contribution < -0.4 is 0 Å². The van der Waals surface area contributed by atoms with Crippen LogP contribution in [0.3, 0.4) is 0 Å². The summed E-state index contributed by atoms with van der Waals surface area (Å²) >= 11 is 0. The van der Waals surface area contributed by atoms with Gasteiger partial charge in [-0.2, -0.15) is 0 Å². The van der Waals surface area contributed by atoms with Crippen molar-refractivity contribution in [3.05, 3.63) is 11.1 Å². The van der Waals surface area contributed by atoms with Crippen molar-refractivity contribution >= 4 is 5.78 Å². The summed E-state index contributed by atoms with van der Waals surface area (Å²) in [5.41, 5.74) is 3.00. The third kappa shape index (κ3) is 1.73. The number of carbonyl (C=O) groups excluding carboxylic acids is 1. The smallest absolute Gasteiger partial charge is 0.140 e. The minimum Gasteiger partial charge on any atom is -0.377 e. The van der Waals surface area contributed by atoms with Crippen LogP contribution in [-0.4, -0.2) is 19.0 Å². The van der Waals surface area contributed by atoms with Gasteiger partial charge in [0.1, 0.15) is 5.78 Å². The van der Waals surface area contributed by atoms with E-state index in [1.54, 1.807) is 0 Å². The second kappa shape index (κ2) is 3.99. The lowest BCUT2D eigenvalue weighted by atomic mass is 9.55. The van der Waals surface area contributed by atoms with Gasteiger partial charge in [-0.15, -0.1) is 0 Å². The van der Waals surface area contributed by atoms with Gasteiger partial charge in [0.15, 0.2) is 0 Å². The summed E-state index contributed by atoms with van der Waals surface area (Å²) in [6.07, 6.45) is 1.76. The molecule has 2 bridgehead atoms. The maximum absolute atomic E-state index is 12.0. The van der Waals surface area contributed by atoms with E-state index in [1.165, 1.54) is 11.1 Å². The van der Waals surface area contributed by atoms with Gasteiger partial charge in [-0.1, -0.05) is 19.4 Å². The molecule has 90 valence electrons. The Bertz CT molecular complexity index is 339. The Morgan fingerprint density at radius 3 is 2.75 bits per heavy atom. The van der Waals surface area contributed by atoms with Crippen molar-refractivity contribution in [3.8, 4) is 0 Å². The Morgan fingerprint density at radius 1 is 1.44 bits per heavy atom. The number of hydrogen-bond acceptors (Lipinski definition) is 2. The molecule has 2 atom stereocenters. The van der Waals surface area contributed by atoms with Crippen LogP contribution in [0.1, 0.15) is 40.5 Å². The van der Waals surface area contributed by atoms with Crippen molar-refractivity contribution in [2.75, 3.05) is 13.2 Å². The summed E-state index contributed by atoms with van der Waals surface area (Å²) in [4.78, 5) is 12.0. The van der Waals surface area contributed by atoms with E-state index in [1.807, 2.05) is 6.92 Å². The highest BCUT2D eigenvalue weighted by atomic mass is 16.5. The summed E-state index contributed by atoms with van der Waals surface area (Å²) in [5, 5.41) is 0. The minimum atomic E-state index is 0.145. The molecule has 2 nitrogen and oxygen atoms in total. The van der Waals surface area contributed by atoms with Crippen molar-refractivity contribution in [2.24, 2.45) is 17.3 Å². The average molecular weight is 222 g/mol. The molecule has 2 heteroatoms. The highest BCUT2D eigenvalue weighted by Gasteiger charge is 2.48. The molecule has 0 aromatic carbocycles. The maximum atomic E-state index is 12.0. The van der Waals surface area contributed by atoms with Gasteiger partial charge in [0.05, 0.1) is 6.61 Å². The van der Waals surface area contributed by atoms with E-state index in [-0.39, 0.29) is 5.92 Å². The fourth-order valence-corrected chi connectivity index (χ4v) is 3.38. The topological polar surface area (TPSA) is 26.3 Å². The summed E-state index contributed by atoms with van der Waals surface area (Å²) in [5.74, 6) is 1.02. The second-order valence-electron chi connectivity index (χ2n) is 5.81. The predicted molar refractivity (Wildman–Crippen MR) is 64.2 cm³/mol. The molecule has 0 heterocycles. The molecule has 3 aliphatic carbocycles. The van der Waals surface area contributed by atoms with Crippen LogP contribution in [0.15, 0.2) is 11.1 Å². The quantitative estimate of drug-likeness (QED) is 0.686. The van der Waals surface area contributed by atoms with Gasteiger partial charge in [-0.05, 0) is 37.2 Å². The molecule has 0 spiro atoms. The van der Waals surface area contributed by atoms with Gasteiger partial charge in [0, 0.05) is 18.9 Å². The minimum absolute atomic E-state index is 0.145. The Morgan fingerprint density at radius 2 is 2.12 bits per heavy atom. The van der Waals surface area contributed by atoms with E-state index >= 15 is 0 Å². The van der Waals surface area contributed by atoms with E-state index in [0.29, 0.717) is 23.7 Å². The van der Waals surface area contributed by atoms with Crippen LogP contribution >= 0.6 is 0 Å². The van der Waals surface area contributed by atoms with Crippen LogP contribution in [0.2, 0.25) is 0 Å². The number of rotatable bonds is 3. The van der Waals surface area contributed by atoms with Crippen LogP contribution in [-0.2, 0) is 9.53 Å². The molecule has 1 saturated carbocycles. The summed E-state index contributed by atoms with van der Waals surface area (Å²) in [6, 6.07) is 0. The molecule has 16 heavy (non-hydrogen) atoms. The lowest BCUT2D eigenvalue weighted by Gasteiger charge is -2.49. The van der Waals surface area contributed by atoms with Crippen LogP contribution in [0, 0.1) is 17.3 Å². The predicted octanol–water partition coefficient (Wildman–Crippen LogP) is 2.97. The Labute approximate surface area is 98.1 Å². The molecule has 1 fully saturated rings. The zero-order valence-corrected chi connectivity index (χ0v) is 10.8. The molecule has 0 N–H and O–H groups in total. The molecule has 0 aromatic rings. The molecule has 0 radical (unpaired) electrons. The molecule has 0 unspecified atom stereocenters. The van der Waals surface area contributed by atoms with E-state index in [4.69, 9.17) is 4.74 Å². The SMILES string of the molecule is CCOCC1=C(C)[C@@H]2CC(=O)[C@H]1CC2(C)C. The van der Waals surface area contributed by atoms with Gasteiger partial charge >= 0.3 is 0 Å². The van der Waals surface area contributed by atoms with E-state index < -0.39 is 0 Å². The Kier molecular flexibility index (Phi) is 2.95. The zero-order chi connectivity index (χ0) is 11.9. The standard InChI is InChI=1S/C14H22O2/c1-5-16-8-11-9(2)12-6-13(15)10(11)7-14(12,3)4/h10,12H,5-8H2,1-4H3/t10-,12-/m0/s1. The summed E-state index contributed by atoms with van der Waals surface area (Å²) in [6.45, 7) is 10.2. The number of ketones is 1. The number of ether oxygens (including phenoxy) is 1. The number of fused-ring (bicyclic) bond motifs is 2. The van der Waals surface area contributed by atoms with Crippen molar-refractivity contribution in [1.82, 2.24) is 0 Å². The molecule has 3 aliphatic rings. The van der Waals surface area contributed by atoms with E-state index in [2.05, 4.69) is 20.8 Å². The monoisotopic (exact) mass is 222 g/mol. The molecular formula is C14H22O2. The summed E-state index contributed by atoms with van der Waals surface area (Å²) in [7, 11) is 0. The zero-order valence-electron chi connectivity index (χ0n) is 10.8. The fraction of sp³-hybridized carbons (Fsp3) is 0.786. The van der Waals surface area contributed by atoms with Crippen LogP contribution in [0.5, 0.6) is 0 Å². The number of Topliss-reactive ketones (excluding diaryl/α,β-unsaturated/α-hetero) is 1. The highest BCUT2D eigenvalue weighted by molar-refractivity contribution is 5.87. The maximum Gasteiger partial charge on any atom is 0.140 e. The molecule has 0 aromatic heterocycles. The first-order valence-electron chi connectivity index (χ1n) is 6.27. The normalized spacial score (nSPS) is 32.4. The van der Waals surface area contributed by atoms with E-state index in [0.717, 1.165) is 19.4 Å². The third-order valence-corrected chi connectivity index (χ3v) is 4.38. The van der Waals surface area contributed by atoms with Crippen molar-refractivity contribution < 1.29 is 9.53 Å². The summed E-state index contributed by atoms with van der Waals surface area (Å²) < 4.78 is 5.50. The molecule has 0 aliphatic heterocycles. The van der Waals surface area contributed by atoms with Gasteiger partial charge in [-0.25, -0.2) is 0 Å². The number of allylic oxidation sites excluding steroid dienone is 1. The Hall–Kier alpha value is -0.630. The fourth-order valence-electron chi connectivity index (χ4n) is 3.38. The van der Waals surface area contributed by atoms with Gasteiger partial charge in [-0.3, -0.25) is 4.79 Å². The highest BCUT2D eigenvalue weighted by Crippen LogP contribution is 2.53. The lowest BCUT2D eigenvalue weighted by molar-refractivity contribution is -0.129. The lowest BCUT2D eigenvalue weighted by Crippen LogP contribution is -2.45. The van der Waals surface area contributed by atoms with Crippen LogP contribution in [0.4, 0.5) is 0 Å². The first-order chi connectivity index (χ1) is 7.47. The number of hydrogen-bond donors (Lipinski definition) is 0. The van der Waals surface area contributed by atoms with E-state index in [9.17, 15) is 4.79 Å². The Balaban J connectivity index is 2.30. The first kappa shape index (κ1) is 11.8. The van der Waals surface area contributed by atoms with Crippen molar-refractivity contribution in [1.29, 1.82) is 0 Å². The molecular weight excluding hydrogens is 200 g/mol. The molecule has 0 saturated heterocycles. The average Bonchev–Trinajstić information content (AvgIpc) is 2.20. The van der Waals surface area contributed by atoms with Crippen LogP contribution in [0.25, 0.3) is 0 Å². The molecule has 0 amide bonds. The second-order valence-corrected chi connectivity index (χ2v) is 5.81. The first-order valence-corrected chi connectivity index (χ1v) is 6.27. The van der Waals surface area contributed by atoms with Gasteiger partial charge in [0.25, 0.3) is 0 Å². The number of carbonyl (C=O) groups is 1.